The van der Waals surface area contributed by atoms with Crippen LogP contribution < -0.4 is 0 Å². The molecule has 0 radical (unpaired) electrons. The first kappa shape index (κ1) is 16.0. The molecule has 0 bridgehead atoms. The Bertz CT molecular complexity index is 393. The average Bonchev–Trinajstić information content (AvgIpc) is 2.74. The first-order chi connectivity index (χ1) is 9.15. The number of nitrogens with zero attached hydrogens (tertiary/aromatic N) is 3. The maximum atomic E-state index is 10.7. The van der Waals surface area contributed by atoms with Gasteiger partial charge < -0.3 is 10.1 Å². The molecule has 0 aliphatic heterocycles. The van der Waals surface area contributed by atoms with E-state index in [2.05, 4.69) is 17.7 Å². The molecule has 0 saturated heterocycles. The Hall–Kier alpha value is -1.04. The largest absolute Gasteiger partial charge is 0.392 e. The molecule has 0 amide bonds. The van der Waals surface area contributed by atoms with Crippen LogP contribution in [-0.4, -0.2) is 20.5 Å². The maximum Gasteiger partial charge on any atom is 0.392 e. The molecule has 1 rings (SSSR count). The predicted octanol–water partition coefficient (Wildman–Crippen LogP) is 3.76. The van der Waals surface area contributed by atoms with E-state index in [-0.39, 0.29) is 5.82 Å². The van der Waals surface area contributed by atoms with E-state index in [0.717, 1.165) is 25.1 Å². The maximum absolute atomic E-state index is 10.7. The lowest BCUT2D eigenvalue weighted by atomic mass is 10.1. The van der Waals surface area contributed by atoms with Gasteiger partial charge in [0.2, 0.25) is 0 Å². The zero-order valence-electron chi connectivity index (χ0n) is 11.5. The third kappa shape index (κ3) is 6.09. The summed E-state index contributed by atoms with van der Waals surface area (Å²) in [7, 11) is 0. The summed E-state index contributed by atoms with van der Waals surface area (Å²) in [6.45, 7) is 2.49. The van der Waals surface area contributed by atoms with Gasteiger partial charge in [0.15, 0.2) is 0 Å². The number of hydrogen-bond donors (Lipinski definition) is 1. The van der Waals surface area contributed by atoms with Crippen LogP contribution in [0.15, 0.2) is 6.20 Å². The summed E-state index contributed by atoms with van der Waals surface area (Å²) in [4.78, 5) is 10.2. The summed E-state index contributed by atoms with van der Waals surface area (Å²) in [5.74, 6) is 0.962. The minimum absolute atomic E-state index is 0.0215. The number of aryl methyl sites for hydroxylation is 2. The number of rotatable bonds is 10. The van der Waals surface area contributed by atoms with Gasteiger partial charge in [-0.15, -0.1) is 0 Å². The van der Waals surface area contributed by atoms with Crippen LogP contribution in [0.4, 0.5) is 5.82 Å². The second-order valence-corrected chi connectivity index (χ2v) is 5.30. The zero-order valence-corrected chi connectivity index (χ0v) is 12.4. The fourth-order valence-corrected chi connectivity index (χ4v) is 2.30. The lowest BCUT2D eigenvalue weighted by molar-refractivity contribution is -0.390. The second kappa shape index (κ2) is 8.96. The molecule has 0 aliphatic rings. The van der Waals surface area contributed by atoms with Crippen LogP contribution >= 0.6 is 12.6 Å². The Balaban J connectivity index is 2.12. The molecule has 108 valence electrons. The molecule has 1 heterocycles. The van der Waals surface area contributed by atoms with Crippen molar-refractivity contribution in [3.63, 3.8) is 0 Å². The fraction of sp³-hybridized carbons (Fsp3) is 0.769. The number of aromatic nitrogens is 2. The van der Waals surface area contributed by atoms with E-state index in [1.54, 1.807) is 17.8 Å². The molecule has 6 heteroatoms. The molecule has 0 spiro atoms. The van der Waals surface area contributed by atoms with E-state index in [1.807, 2.05) is 0 Å². The first-order valence-electron chi connectivity index (χ1n) is 6.94. The van der Waals surface area contributed by atoms with Gasteiger partial charge in [-0.3, -0.25) is 0 Å². The van der Waals surface area contributed by atoms with Crippen molar-refractivity contribution in [3.05, 3.63) is 21.9 Å². The van der Waals surface area contributed by atoms with Crippen LogP contribution in [0, 0.1) is 17.0 Å². The highest BCUT2D eigenvalue weighted by molar-refractivity contribution is 7.80. The highest BCUT2D eigenvalue weighted by Crippen LogP contribution is 2.15. The van der Waals surface area contributed by atoms with Gasteiger partial charge in [-0.05, 0) is 30.4 Å². The van der Waals surface area contributed by atoms with Gasteiger partial charge in [0.05, 0.1) is 23.4 Å². The van der Waals surface area contributed by atoms with E-state index >= 15 is 0 Å². The Labute approximate surface area is 119 Å². The van der Waals surface area contributed by atoms with Crippen molar-refractivity contribution in [2.24, 2.45) is 0 Å². The van der Waals surface area contributed by atoms with Gasteiger partial charge in [0.25, 0.3) is 0 Å². The molecule has 0 fully saturated rings. The molecule has 19 heavy (non-hydrogen) atoms. The number of unbranched alkanes of at least 4 members (excludes halogenated alkanes) is 6. The topological polar surface area (TPSA) is 61.0 Å². The molecule has 5 nitrogen and oxygen atoms in total. The van der Waals surface area contributed by atoms with Crippen molar-refractivity contribution < 1.29 is 4.92 Å². The smallest absolute Gasteiger partial charge is 0.358 e. The van der Waals surface area contributed by atoms with E-state index in [1.165, 1.54) is 32.1 Å². The second-order valence-electron chi connectivity index (χ2n) is 4.85. The van der Waals surface area contributed by atoms with Crippen LogP contribution in [0.2, 0.25) is 0 Å². The van der Waals surface area contributed by atoms with Crippen LogP contribution in [0.3, 0.4) is 0 Å². The van der Waals surface area contributed by atoms with Crippen molar-refractivity contribution in [2.75, 3.05) is 5.75 Å². The molecule has 1 aromatic rings. The lowest BCUT2D eigenvalue weighted by Gasteiger charge is -2.00. The molecule has 0 aromatic carbocycles. The lowest BCUT2D eigenvalue weighted by Crippen LogP contribution is -1.99. The SMILES string of the molecule is Cc1cn(CCCCCCCCCS)nc1[N+](=O)[O-]. The van der Waals surface area contributed by atoms with Gasteiger partial charge in [-0.25, -0.2) is 0 Å². The normalized spacial score (nSPS) is 10.8. The minimum Gasteiger partial charge on any atom is -0.358 e. The van der Waals surface area contributed by atoms with Crippen LogP contribution in [0.5, 0.6) is 0 Å². The van der Waals surface area contributed by atoms with Crippen molar-refractivity contribution >= 4 is 18.4 Å². The van der Waals surface area contributed by atoms with E-state index < -0.39 is 4.92 Å². The average molecular weight is 285 g/mol. The number of thiol groups is 1. The summed E-state index contributed by atoms with van der Waals surface area (Å²) in [6, 6.07) is 0. The Morgan fingerprint density at radius 2 is 1.79 bits per heavy atom. The summed E-state index contributed by atoms with van der Waals surface area (Å²) < 4.78 is 1.69. The Kier molecular flexibility index (Phi) is 7.55. The molecule has 0 saturated carbocycles. The van der Waals surface area contributed by atoms with Gasteiger partial charge >= 0.3 is 5.82 Å². The molecule has 0 atom stereocenters. The molecular formula is C13H23N3O2S. The van der Waals surface area contributed by atoms with Gasteiger partial charge in [-0.2, -0.15) is 17.3 Å². The van der Waals surface area contributed by atoms with Crippen molar-refractivity contribution in [1.82, 2.24) is 9.78 Å². The van der Waals surface area contributed by atoms with Crippen molar-refractivity contribution in [2.45, 2.75) is 58.4 Å². The predicted molar refractivity (Wildman–Crippen MR) is 79.8 cm³/mol. The quantitative estimate of drug-likeness (QED) is 0.308. The summed E-state index contributed by atoms with van der Waals surface area (Å²) >= 11 is 4.19. The van der Waals surface area contributed by atoms with Crippen molar-refractivity contribution in [1.29, 1.82) is 0 Å². The summed E-state index contributed by atoms with van der Waals surface area (Å²) in [6.07, 6.45) is 10.2. The minimum atomic E-state index is -0.423. The third-order valence-electron chi connectivity index (χ3n) is 3.14. The highest BCUT2D eigenvalue weighted by atomic mass is 32.1. The van der Waals surface area contributed by atoms with Gasteiger partial charge in [0.1, 0.15) is 0 Å². The molecule has 0 N–H and O–H groups in total. The molecular weight excluding hydrogens is 262 g/mol. The van der Waals surface area contributed by atoms with E-state index in [0.29, 0.717) is 5.56 Å². The van der Waals surface area contributed by atoms with E-state index in [9.17, 15) is 10.1 Å². The Morgan fingerprint density at radius 3 is 2.32 bits per heavy atom. The van der Waals surface area contributed by atoms with Crippen molar-refractivity contribution in [3.8, 4) is 0 Å². The van der Waals surface area contributed by atoms with Gasteiger partial charge in [0, 0.05) is 0 Å². The zero-order chi connectivity index (χ0) is 14.1. The van der Waals surface area contributed by atoms with Crippen LogP contribution in [0.25, 0.3) is 0 Å². The fourth-order valence-electron chi connectivity index (χ4n) is 2.08. The number of nitro groups is 1. The van der Waals surface area contributed by atoms with Gasteiger partial charge in [-0.1, -0.05) is 32.1 Å². The monoisotopic (exact) mass is 285 g/mol. The first-order valence-corrected chi connectivity index (χ1v) is 7.57. The third-order valence-corrected chi connectivity index (χ3v) is 3.45. The van der Waals surface area contributed by atoms with E-state index in [4.69, 9.17) is 0 Å². The molecule has 1 aromatic heterocycles. The summed E-state index contributed by atoms with van der Waals surface area (Å²) in [5, 5.41) is 14.6. The number of hydrogen-bond acceptors (Lipinski definition) is 4. The summed E-state index contributed by atoms with van der Waals surface area (Å²) in [5.41, 5.74) is 0.636. The van der Waals surface area contributed by atoms with Crippen LogP contribution in [0.1, 0.15) is 50.5 Å². The molecule has 0 aliphatic carbocycles. The highest BCUT2D eigenvalue weighted by Gasteiger charge is 2.16. The molecule has 0 unspecified atom stereocenters. The standard InChI is InChI=1S/C13H23N3O2S/c1-12-11-15(14-13(12)16(17)18)9-7-5-3-2-4-6-8-10-19/h11,19H,2-10H2,1H3. The van der Waals surface area contributed by atoms with Crippen LogP contribution in [-0.2, 0) is 6.54 Å². The Morgan fingerprint density at radius 1 is 1.21 bits per heavy atom.